The number of hydrogen-bond acceptors (Lipinski definition) is 6. The van der Waals surface area contributed by atoms with E-state index in [0.717, 1.165) is 12.8 Å². The van der Waals surface area contributed by atoms with E-state index in [1.165, 1.54) is 0 Å². The molecule has 146 valence electrons. The SMILES string of the molecule is C=C(C)C(=O)C(CC)OC(OCCC)(P=O)C(OCCC)OCCC. The molecule has 0 bridgehead atoms. The highest BCUT2D eigenvalue weighted by Gasteiger charge is 2.47. The van der Waals surface area contributed by atoms with Crippen LogP contribution in [0.4, 0.5) is 0 Å². The maximum Gasteiger partial charge on any atom is 0.304 e. The molecule has 0 rings (SSSR count). The van der Waals surface area contributed by atoms with E-state index in [1.54, 1.807) is 6.92 Å². The number of carbonyl (C=O) groups excluding carboxylic acids is 1. The van der Waals surface area contributed by atoms with Gasteiger partial charge in [-0.05, 0) is 38.2 Å². The Bertz CT molecular complexity index is 406. The molecule has 2 atom stereocenters. The van der Waals surface area contributed by atoms with Gasteiger partial charge in [0.15, 0.2) is 5.78 Å². The summed E-state index contributed by atoms with van der Waals surface area (Å²) in [5.41, 5.74) is -1.31. The summed E-state index contributed by atoms with van der Waals surface area (Å²) in [6.07, 6.45) is 0.784. The normalized spacial score (nSPS) is 15.3. The van der Waals surface area contributed by atoms with E-state index in [4.69, 9.17) is 18.9 Å². The van der Waals surface area contributed by atoms with E-state index in [2.05, 4.69) is 6.58 Å². The molecule has 25 heavy (non-hydrogen) atoms. The monoisotopic (exact) mass is 376 g/mol. The number of ketones is 1. The highest BCUT2D eigenvalue weighted by atomic mass is 31.1. The first-order valence-corrected chi connectivity index (χ1v) is 9.82. The van der Waals surface area contributed by atoms with Crippen LogP contribution in [0.5, 0.6) is 0 Å². The van der Waals surface area contributed by atoms with Gasteiger partial charge < -0.3 is 18.9 Å². The minimum absolute atomic E-state index is 0.250. The van der Waals surface area contributed by atoms with Gasteiger partial charge in [-0.1, -0.05) is 34.3 Å². The third-order valence-electron chi connectivity index (χ3n) is 3.28. The van der Waals surface area contributed by atoms with Gasteiger partial charge >= 0.3 is 5.53 Å². The molecule has 0 spiro atoms. The molecular formula is C18H33O6P. The van der Waals surface area contributed by atoms with Crippen molar-refractivity contribution in [2.24, 2.45) is 0 Å². The summed E-state index contributed by atoms with van der Waals surface area (Å²) >= 11 is 0. The Morgan fingerprint density at radius 2 is 1.56 bits per heavy atom. The van der Waals surface area contributed by atoms with Crippen molar-refractivity contribution >= 4 is 14.2 Å². The van der Waals surface area contributed by atoms with Gasteiger partial charge in [0.2, 0.25) is 14.8 Å². The molecule has 0 saturated heterocycles. The number of Topliss-reactive ketones (excluding diaryl/α,β-unsaturated/α-hetero) is 1. The minimum atomic E-state index is -1.69. The van der Waals surface area contributed by atoms with Crippen LogP contribution in [0, 0.1) is 0 Å². The Balaban J connectivity index is 5.63. The maximum absolute atomic E-state index is 12.3. The van der Waals surface area contributed by atoms with E-state index in [-0.39, 0.29) is 5.78 Å². The quantitative estimate of drug-likeness (QED) is 0.225. The van der Waals surface area contributed by atoms with Crippen molar-refractivity contribution in [3.05, 3.63) is 12.2 Å². The van der Waals surface area contributed by atoms with Crippen LogP contribution in [-0.2, 0) is 28.3 Å². The summed E-state index contributed by atoms with van der Waals surface area (Å²) in [6.45, 7) is 14.0. The number of ether oxygens (including phenoxy) is 4. The van der Waals surface area contributed by atoms with Gasteiger partial charge in [0.1, 0.15) is 6.10 Å². The highest BCUT2D eigenvalue weighted by Crippen LogP contribution is 2.36. The summed E-state index contributed by atoms with van der Waals surface area (Å²) in [7, 11) is -0.450. The maximum atomic E-state index is 12.3. The van der Waals surface area contributed by atoms with Crippen LogP contribution in [0.2, 0.25) is 0 Å². The van der Waals surface area contributed by atoms with E-state index >= 15 is 0 Å². The van der Waals surface area contributed by atoms with Crippen molar-refractivity contribution in [1.82, 2.24) is 0 Å². The summed E-state index contributed by atoms with van der Waals surface area (Å²) in [5, 5.41) is 0. The van der Waals surface area contributed by atoms with E-state index < -0.39 is 26.4 Å². The molecule has 0 aliphatic heterocycles. The molecule has 7 heteroatoms. The number of carbonyl (C=O) groups is 1. The molecule has 0 N–H and O–H groups in total. The molecule has 0 radical (unpaired) electrons. The molecule has 0 aromatic carbocycles. The van der Waals surface area contributed by atoms with Crippen molar-refractivity contribution < 1.29 is 28.3 Å². The fourth-order valence-corrected chi connectivity index (χ4v) is 2.56. The minimum Gasteiger partial charge on any atom is -0.347 e. The lowest BCUT2D eigenvalue weighted by atomic mass is 10.1. The Morgan fingerprint density at radius 3 is 1.92 bits per heavy atom. The van der Waals surface area contributed by atoms with Gasteiger partial charge in [-0.2, -0.15) is 0 Å². The summed E-state index contributed by atoms with van der Waals surface area (Å²) in [6, 6.07) is 0. The molecule has 0 fully saturated rings. The summed E-state index contributed by atoms with van der Waals surface area (Å²) < 4.78 is 35.2. The van der Waals surface area contributed by atoms with Crippen molar-refractivity contribution in [1.29, 1.82) is 0 Å². The van der Waals surface area contributed by atoms with Crippen LogP contribution in [0.25, 0.3) is 0 Å². The van der Waals surface area contributed by atoms with E-state index in [1.807, 2.05) is 27.7 Å². The fourth-order valence-electron chi connectivity index (χ4n) is 2.01. The number of hydrogen-bond donors (Lipinski definition) is 0. The average molecular weight is 376 g/mol. The first-order chi connectivity index (χ1) is 11.9. The van der Waals surface area contributed by atoms with Gasteiger partial charge in [0.25, 0.3) is 0 Å². The third-order valence-corrected chi connectivity index (χ3v) is 3.98. The van der Waals surface area contributed by atoms with Crippen LogP contribution in [0.15, 0.2) is 12.2 Å². The number of rotatable bonds is 16. The van der Waals surface area contributed by atoms with Crippen LogP contribution in [-0.4, -0.2) is 43.5 Å². The van der Waals surface area contributed by atoms with Crippen molar-refractivity contribution in [2.45, 2.75) is 78.2 Å². The molecule has 0 amide bonds. The molecular weight excluding hydrogens is 343 g/mol. The van der Waals surface area contributed by atoms with E-state index in [9.17, 15) is 9.36 Å². The second-order valence-corrected chi connectivity index (χ2v) is 6.61. The Labute approximate surface area is 153 Å². The van der Waals surface area contributed by atoms with Crippen molar-refractivity contribution in [2.75, 3.05) is 19.8 Å². The Morgan fingerprint density at radius 1 is 1.04 bits per heavy atom. The highest BCUT2D eigenvalue weighted by molar-refractivity contribution is 7.25. The second-order valence-electron chi connectivity index (χ2n) is 5.80. The predicted octanol–water partition coefficient (Wildman–Crippen LogP) is 4.48. The molecule has 0 saturated carbocycles. The lowest BCUT2D eigenvalue weighted by Gasteiger charge is -2.36. The third kappa shape index (κ3) is 8.06. The fraction of sp³-hybridized carbons (Fsp3) is 0.833. The topological polar surface area (TPSA) is 71.1 Å². The van der Waals surface area contributed by atoms with Crippen LogP contribution < -0.4 is 0 Å². The van der Waals surface area contributed by atoms with Crippen molar-refractivity contribution in [3.63, 3.8) is 0 Å². The largest absolute Gasteiger partial charge is 0.347 e. The lowest BCUT2D eigenvalue weighted by molar-refractivity contribution is -0.317. The van der Waals surface area contributed by atoms with Crippen molar-refractivity contribution in [3.8, 4) is 0 Å². The van der Waals surface area contributed by atoms with Crippen LogP contribution in [0.3, 0.4) is 0 Å². The van der Waals surface area contributed by atoms with E-state index in [0.29, 0.717) is 38.2 Å². The zero-order valence-electron chi connectivity index (χ0n) is 16.2. The van der Waals surface area contributed by atoms with Gasteiger partial charge in [-0.25, -0.2) is 0 Å². The molecule has 0 aromatic heterocycles. The summed E-state index contributed by atoms with van der Waals surface area (Å²) in [5.74, 6) is -0.250. The molecule has 0 aromatic rings. The smallest absolute Gasteiger partial charge is 0.304 e. The molecule has 2 unspecified atom stereocenters. The predicted molar refractivity (Wildman–Crippen MR) is 97.8 cm³/mol. The first-order valence-electron chi connectivity index (χ1n) is 9.01. The van der Waals surface area contributed by atoms with Gasteiger partial charge in [0.05, 0.1) is 6.61 Å². The Kier molecular flexibility index (Phi) is 13.2. The van der Waals surface area contributed by atoms with Crippen LogP contribution in [0.1, 0.15) is 60.3 Å². The Hall–Kier alpha value is -0.650. The molecule has 0 heterocycles. The molecule has 0 aliphatic rings. The lowest BCUT2D eigenvalue weighted by Crippen LogP contribution is -2.49. The zero-order valence-corrected chi connectivity index (χ0v) is 17.1. The summed E-state index contributed by atoms with van der Waals surface area (Å²) in [4.78, 5) is 12.3. The zero-order chi connectivity index (χ0) is 19.3. The molecule has 6 nitrogen and oxygen atoms in total. The standard InChI is InChI=1S/C18H33O6P/c1-7-11-21-17(22-12-8-2)18(25-20,23-13-9-3)24-15(10-4)16(19)14(5)6/h15,17H,5,7-13H2,1-4,6H3. The molecule has 0 aliphatic carbocycles. The first kappa shape index (κ1) is 24.4. The van der Waals surface area contributed by atoms with Gasteiger partial charge in [-0.15, -0.1) is 0 Å². The van der Waals surface area contributed by atoms with Gasteiger partial charge in [0, 0.05) is 13.2 Å². The second kappa shape index (κ2) is 13.5. The average Bonchev–Trinajstić information content (AvgIpc) is 2.62. The van der Waals surface area contributed by atoms with Crippen LogP contribution >= 0.6 is 8.46 Å². The van der Waals surface area contributed by atoms with Gasteiger partial charge in [-0.3, -0.25) is 9.36 Å².